The number of nitrogens with zero attached hydrogens (tertiary/aromatic N) is 2. The summed E-state index contributed by atoms with van der Waals surface area (Å²) in [5.41, 5.74) is 5.39. The number of fused-ring (bicyclic) bond motifs is 1. The van der Waals surface area contributed by atoms with Crippen molar-refractivity contribution in [2.75, 3.05) is 24.3 Å². The number of anilines is 2. The number of aromatic nitrogens is 2. The Morgan fingerprint density at radius 3 is 2.43 bits per heavy atom. The zero-order valence-electron chi connectivity index (χ0n) is 17.4. The molecule has 1 amide bonds. The van der Waals surface area contributed by atoms with Crippen LogP contribution in [0.25, 0.3) is 6.08 Å². The van der Waals surface area contributed by atoms with Crippen LogP contribution >= 0.6 is 0 Å². The molecule has 1 unspecified atom stereocenters. The SMILES string of the molecule is CN(C)c1ccc(C2(c3ccccc3)C=Cc3c(NC(=O)C4CC4)n[nH]c3C2)cc1. The second-order valence-corrected chi connectivity index (χ2v) is 8.52. The van der Waals surface area contributed by atoms with Crippen molar-refractivity contribution >= 4 is 23.5 Å². The van der Waals surface area contributed by atoms with Gasteiger partial charge in [0.2, 0.25) is 5.91 Å². The molecule has 2 N–H and O–H groups in total. The summed E-state index contributed by atoms with van der Waals surface area (Å²) in [4.78, 5) is 14.3. The molecule has 0 bridgehead atoms. The van der Waals surface area contributed by atoms with Crippen LogP contribution in [-0.4, -0.2) is 30.2 Å². The molecular formula is C25H26N4O. The Morgan fingerprint density at radius 1 is 1.07 bits per heavy atom. The van der Waals surface area contributed by atoms with Crippen molar-refractivity contribution in [2.24, 2.45) is 5.92 Å². The van der Waals surface area contributed by atoms with Gasteiger partial charge in [-0.05, 0) is 36.1 Å². The van der Waals surface area contributed by atoms with Crippen molar-refractivity contribution < 1.29 is 4.79 Å². The van der Waals surface area contributed by atoms with Gasteiger partial charge < -0.3 is 10.2 Å². The van der Waals surface area contributed by atoms with Crippen LogP contribution < -0.4 is 10.2 Å². The van der Waals surface area contributed by atoms with Crippen molar-refractivity contribution in [2.45, 2.75) is 24.7 Å². The minimum Gasteiger partial charge on any atom is -0.378 e. The first-order chi connectivity index (χ1) is 14.6. The number of nitrogens with one attached hydrogen (secondary N) is 2. The van der Waals surface area contributed by atoms with Crippen LogP contribution in [0.2, 0.25) is 0 Å². The molecule has 152 valence electrons. The molecule has 0 radical (unpaired) electrons. The highest BCUT2D eigenvalue weighted by molar-refractivity contribution is 5.95. The van der Waals surface area contributed by atoms with Crippen LogP contribution in [0.4, 0.5) is 11.5 Å². The van der Waals surface area contributed by atoms with E-state index in [1.165, 1.54) is 16.8 Å². The van der Waals surface area contributed by atoms with Gasteiger partial charge in [0, 0.05) is 48.8 Å². The molecule has 5 nitrogen and oxygen atoms in total. The van der Waals surface area contributed by atoms with E-state index in [1.54, 1.807) is 0 Å². The van der Waals surface area contributed by atoms with Crippen LogP contribution in [-0.2, 0) is 16.6 Å². The van der Waals surface area contributed by atoms with E-state index in [0.717, 1.165) is 30.5 Å². The summed E-state index contributed by atoms with van der Waals surface area (Å²) in [6, 6.07) is 19.3. The lowest BCUT2D eigenvalue weighted by Crippen LogP contribution is -2.30. The highest BCUT2D eigenvalue weighted by Gasteiger charge is 2.37. The average molecular weight is 399 g/mol. The molecule has 1 aromatic heterocycles. The summed E-state index contributed by atoms with van der Waals surface area (Å²) in [6.45, 7) is 0. The molecule has 5 heteroatoms. The monoisotopic (exact) mass is 398 g/mol. The van der Waals surface area contributed by atoms with Crippen LogP contribution in [0.15, 0.2) is 60.7 Å². The third-order valence-electron chi connectivity index (χ3n) is 6.25. The molecule has 3 aromatic rings. The lowest BCUT2D eigenvalue weighted by molar-refractivity contribution is -0.117. The number of hydrogen-bond acceptors (Lipinski definition) is 3. The number of benzene rings is 2. The normalized spacial score (nSPS) is 19.9. The van der Waals surface area contributed by atoms with Gasteiger partial charge in [-0.15, -0.1) is 0 Å². The topological polar surface area (TPSA) is 61.0 Å². The number of amides is 1. The van der Waals surface area contributed by atoms with Gasteiger partial charge in [0.15, 0.2) is 5.82 Å². The third kappa shape index (κ3) is 3.20. The van der Waals surface area contributed by atoms with Gasteiger partial charge in [0.1, 0.15) is 0 Å². The highest BCUT2D eigenvalue weighted by Crippen LogP contribution is 2.43. The molecule has 2 aliphatic carbocycles. The Kier molecular flexibility index (Phi) is 4.46. The maximum atomic E-state index is 12.2. The number of carbonyl (C=O) groups excluding carboxylic acids is 1. The minimum atomic E-state index is -0.288. The van der Waals surface area contributed by atoms with Crippen molar-refractivity contribution in [3.05, 3.63) is 83.1 Å². The molecular weight excluding hydrogens is 372 g/mol. The highest BCUT2D eigenvalue weighted by atomic mass is 16.2. The number of allylic oxidation sites excluding steroid dienone is 1. The number of aromatic amines is 1. The quantitative estimate of drug-likeness (QED) is 0.670. The molecule has 1 atom stereocenters. The van der Waals surface area contributed by atoms with Gasteiger partial charge in [0.05, 0.1) is 0 Å². The van der Waals surface area contributed by atoms with E-state index < -0.39 is 0 Å². The fourth-order valence-electron chi connectivity index (χ4n) is 4.28. The zero-order valence-corrected chi connectivity index (χ0v) is 17.4. The molecule has 2 aromatic carbocycles. The van der Waals surface area contributed by atoms with Crippen molar-refractivity contribution in [1.29, 1.82) is 0 Å². The first-order valence-electron chi connectivity index (χ1n) is 10.5. The van der Waals surface area contributed by atoms with Gasteiger partial charge in [-0.25, -0.2) is 0 Å². The fourth-order valence-corrected chi connectivity index (χ4v) is 4.28. The van der Waals surface area contributed by atoms with Crippen molar-refractivity contribution in [3.63, 3.8) is 0 Å². The summed E-state index contributed by atoms with van der Waals surface area (Å²) in [6.07, 6.45) is 7.09. The van der Waals surface area contributed by atoms with E-state index in [-0.39, 0.29) is 17.2 Å². The fraction of sp³-hybridized carbons (Fsp3) is 0.280. The Morgan fingerprint density at radius 2 is 1.77 bits per heavy atom. The number of H-pyrrole nitrogens is 1. The van der Waals surface area contributed by atoms with Crippen molar-refractivity contribution in [3.8, 4) is 0 Å². The van der Waals surface area contributed by atoms with Crippen molar-refractivity contribution in [1.82, 2.24) is 10.2 Å². The van der Waals surface area contributed by atoms with Crippen LogP contribution in [0.5, 0.6) is 0 Å². The number of hydrogen-bond donors (Lipinski definition) is 2. The minimum absolute atomic E-state index is 0.0804. The molecule has 1 saturated carbocycles. The van der Waals surface area contributed by atoms with E-state index in [2.05, 4.69) is 95.2 Å². The number of rotatable bonds is 5. The van der Waals surface area contributed by atoms with Gasteiger partial charge in [-0.1, -0.05) is 54.6 Å². The summed E-state index contributed by atoms with van der Waals surface area (Å²) < 4.78 is 0. The standard InChI is InChI=1S/C25H26N4O/c1-29(2)20-12-10-19(11-13-20)25(18-6-4-3-5-7-18)15-14-21-22(16-25)27-28-23(21)26-24(30)17-8-9-17/h3-7,10-15,17H,8-9,16H2,1-2H3,(H2,26,27,28,30). The Bertz CT molecular complexity index is 1090. The molecule has 0 spiro atoms. The Labute approximate surface area is 176 Å². The molecule has 0 saturated heterocycles. The predicted molar refractivity (Wildman–Crippen MR) is 121 cm³/mol. The van der Waals surface area contributed by atoms with Gasteiger partial charge in [-0.2, -0.15) is 5.10 Å². The summed E-state index contributed by atoms with van der Waals surface area (Å²) in [7, 11) is 4.10. The first-order valence-corrected chi connectivity index (χ1v) is 10.5. The Balaban J connectivity index is 1.54. The largest absolute Gasteiger partial charge is 0.378 e. The maximum Gasteiger partial charge on any atom is 0.228 e. The van der Waals surface area contributed by atoms with E-state index in [1.807, 2.05) is 6.07 Å². The molecule has 1 fully saturated rings. The first kappa shape index (κ1) is 18.7. The maximum absolute atomic E-state index is 12.2. The average Bonchev–Trinajstić information content (AvgIpc) is 3.56. The lowest BCUT2D eigenvalue weighted by atomic mass is 9.68. The smallest absolute Gasteiger partial charge is 0.228 e. The van der Waals surface area contributed by atoms with Gasteiger partial charge >= 0.3 is 0 Å². The third-order valence-corrected chi connectivity index (χ3v) is 6.25. The molecule has 5 rings (SSSR count). The van der Waals surface area contributed by atoms with Crippen LogP contribution in [0.1, 0.15) is 35.2 Å². The second-order valence-electron chi connectivity index (χ2n) is 8.52. The summed E-state index contributed by atoms with van der Waals surface area (Å²) in [5.74, 6) is 0.878. The Hall–Kier alpha value is -3.34. The van der Waals surface area contributed by atoms with Crippen LogP contribution in [0.3, 0.4) is 0 Å². The predicted octanol–water partition coefficient (Wildman–Crippen LogP) is 4.38. The van der Waals surface area contributed by atoms with E-state index >= 15 is 0 Å². The summed E-state index contributed by atoms with van der Waals surface area (Å²) >= 11 is 0. The van der Waals surface area contributed by atoms with E-state index in [9.17, 15) is 4.79 Å². The molecule has 30 heavy (non-hydrogen) atoms. The molecule has 0 aliphatic heterocycles. The second kappa shape index (κ2) is 7.17. The van der Waals surface area contributed by atoms with Gasteiger partial charge in [0.25, 0.3) is 0 Å². The zero-order chi connectivity index (χ0) is 20.7. The van der Waals surface area contributed by atoms with Crippen LogP contribution in [0, 0.1) is 5.92 Å². The molecule has 2 aliphatic rings. The number of carbonyl (C=O) groups is 1. The summed E-state index contributed by atoms with van der Waals surface area (Å²) in [5, 5.41) is 10.6. The van der Waals surface area contributed by atoms with Gasteiger partial charge in [-0.3, -0.25) is 9.89 Å². The van der Waals surface area contributed by atoms with E-state index in [4.69, 9.17) is 0 Å². The molecule has 1 heterocycles. The van der Waals surface area contributed by atoms with E-state index in [0.29, 0.717) is 5.82 Å². The lowest BCUT2D eigenvalue weighted by Gasteiger charge is -2.34.